The lowest BCUT2D eigenvalue weighted by atomic mass is 10.1. The minimum atomic E-state index is -0.496. The SMILES string of the molecule is COC(=O)c1cscc1NC(=O)c1cc(C)cc(N2CCCC2=O)c1. The lowest BCUT2D eigenvalue weighted by molar-refractivity contribution is -0.117. The predicted octanol–water partition coefficient (Wildman–Crippen LogP) is 3.22. The molecule has 7 heteroatoms. The Morgan fingerprint density at radius 2 is 2.04 bits per heavy atom. The molecule has 1 aliphatic rings. The van der Waals surface area contributed by atoms with Gasteiger partial charge in [0, 0.05) is 35.0 Å². The van der Waals surface area contributed by atoms with Crippen molar-refractivity contribution in [1.82, 2.24) is 0 Å². The zero-order valence-electron chi connectivity index (χ0n) is 14.0. The van der Waals surface area contributed by atoms with Crippen LogP contribution in [-0.4, -0.2) is 31.4 Å². The first-order valence-electron chi connectivity index (χ1n) is 7.87. The number of nitrogens with one attached hydrogen (secondary N) is 1. The summed E-state index contributed by atoms with van der Waals surface area (Å²) in [6, 6.07) is 5.35. The van der Waals surface area contributed by atoms with Crippen LogP contribution in [0, 0.1) is 6.92 Å². The monoisotopic (exact) mass is 358 g/mol. The summed E-state index contributed by atoms with van der Waals surface area (Å²) in [5, 5.41) is 6.06. The van der Waals surface area contributed by atoms with E-state index in [1.807, 2.05) is 13.0 Å². The highest BCUT2D eigenvalue weighted by Crippen LogP contribution is 2.26. The molecule has 1 aliphatic heterocycles. The molecule has 0 bridgehead atoms. The number of esters is 1. The number of rotatable bonds is 4. The van der Waals surface area contributed by atoms with E-state index in [0.29, 0.717) is 29.8 Å². The third-order valence-corrected chi connectivity index (χ3v) is 4.77. The fourth-order valence-corrected chi connectivity index (χ4v) is 3.58. The van der Waals surface area contributed by atoms with E-state index in [-0.39, 0.29) is 11.8 Å². The second-order valence-corrected chi connectivity index (χ2v) is 6.59. The maximum atomic E-state index is 12.6. The van der Waals surface area contributed by atoms with Gasteiger partial charge in [-0.1, -0.05) is 0 Å². The Kier molecular flexibility index (Phi) is 4.85. The van der Waals surface area contributed by atoms with Crippen molar-refractivity contribution < 1.29 is 19.1 Å². The van der Waals surface area contributed by atoms with Gasteiger partial charge in [-0.05, 0) is 37.1 Å². The maximum absolute atomic E-state index is 12.6. The van der Waals surface area contributed by atoms with Crippen LogP contribution in [-0.2, 0) is 9.53 Å². The standard InChI is InChI=1S/C18H18N2O4S/c1-11-6-12(8-13(7-11)20-5-3-4-16(20)21)17(22)19-15-10-25-9-14(15)18(23)24-2/h6-10H,3-5H2,1-2H3,(H,19,22). The van der Waals surface area contributed by atoms with Crippen LogP contribution in [0.1, 0.15) is 39.1 Å². The van der Waals surface area contributed by atoms with Gasteiger partial charge in [0.05, 0.1) is 18.4 Å². The van der Waals surface area contributed by atoms with E-state index in [9.17, 15) is 14.4 Å². The molecule has 25 heavy (non-hydrogen) atoms. The second kappa shape index (κ2) is 7.06. The second-order valence-electron chi connectivity index (χ2n) is 5.85. The van der Waals surface area contributed by atoms with Crippen molar-refractivity contribution in [2.24, 2.45) is 0 Å². The van der Waals surface area contributed by atoms with Gasteiger partial charge < -0.3 is 15.0 Å². The first-order valence-corrected chi connectivity index (χ1v) is 8.82. The third kappa shape index (κ3) is 3.56. The van der Waals surface area contributed by atoms with Gasteiger partial charge in [0.2, 0.25) is 5.91 Å². The van der Waals surface area contributed by atoms with Crippen molar-refractivity contribution in [2.45, 2.75) is 19.8 Å². The number of amides is 2. The van der Waals surface area contributed by atoms with E-state index < -0.39 is 5.97 Å². The van der Waals surface area contributed by atoms with Crippen LogP contribution in [0.2, 0.25) is 0 Å². The molecule has 1 N–H and O–H groups in total. The number of ether oxygens (including phenoxy) is 1. The Morgan fingerprint density at radius 1 is 1.24 bits per heavy atom. The minimum Gasteiger partial charge on any atom is -0.465 e. The Bertz CT molecular complexity index is 843. The van der Waals surface area contributed by atoms with E-state index >= 15 is 0 Å². The molecule has 0 radical (unpaired) electrons. The van der Waals surface area contributed by atoms with Gasteiger partial charge in [0.25, 0.3) is 5.91 Å². The molecule has 0 unspecified atom stereocenters. The Morgan fingerprint density at radius 3 is 2.72 bits per heavy atom. The molecule has 1 aromatic heterocycles. The molecule has 2 aromatic rings. The number of thiophene rings is 1. The first kappa shape index (κ1) is 17.2. The number of nitrogens with zero attached hydrogens (tertiary/aromatic N) is 1. The third-order valence-electron chi connectivity index (χ3n) is 4.02. The number of anilines is 2. The Balaban J connectivity index is 1.85. The predicted molar refractivity (Wildman–Crippen MR) is 96.4 cm³/mol. The number of aryl methyl sites for hydroxylation is 1. The molecular weight excluding hydrogens is 340 g/mol. The number of hydrogen-bond acceptors (Lipinski definition) is 5. The summed E-state index contributed by atoms with van der Waals surface area (Å²) in [6.07, 6.45) is 1.36. The Hall–Kier alpha value is -2.67. The highest BCUT2D eigenvalue weighted by atomic mass is 32.1. The van der Waals surface area contributed by atoms with Crippen LogP contribution in [0.5, 0.6) is 0 Å². The van der Waals surface area contributed by atoms with Gasteiger partial charge in [-0.3, -0.25) is 9.59 Å². The number of carbonyl (C=O) groups is 3. The van der Waals surface area contributed by atoms with Crippen LogP contribution in [0.3, 0.4) is 0 Å². The molecule has 6 nitrogen and oxygen atoms in total. The van der Waals surface area contributed by atoms with Gasteiger partial charge in [0.15, 0.2) is 0 Å². The quantitative estimate of drug-likeness (QED) is 0.852. The molecule has 0 atom stereocenters. The summed E-state index contributed by atoms with van der Waals surface area (Å²) in [5.41, 5.74) is 2.80. The molecule has 2 amide bonds. The van der Waals surface area contributed by atoms with Crippen LogP contribution in [0.15, 0.2) is 29.0 Å². The number of benzene rings is 1. The van der Waals surface area contributed by atoms with Gasteiger partial charge in [-0.25, -0.2) is 4.79 Å². The van der Waals surface area contributed by atoms with E-state index in [2.05, 4.69) is 5.32 Å². The summed E-state index contributed by atoms with van der Waals surface area (Å²) in [7, 11) is 1.30. The van der Waals surface area contributed by atoms with Crippen LogP contribution < -0.4 is 10.2 Å². The van der Waals surface area contributed by atoms with E-state index in [1.165, 1.54) is 18.4 Å². The van der Waals surface area contributed by atoms with E-state index in [4.69, 9.17) is 4.74 Å². The molecule has 2 heterocycles. The van der Waals surface area contributed by atoms with Crippen LogP contribution >= 0.6 is 11.3 Å². The Labute approximate surface area is 149 Å². The molecule has 0 aliphatic carbocycles. The minimum absolute atomic E-state index is 0.0720. The van der Waals surface area contributed by atoms with Crippen molar-refractivity contribution >= 4 is 40.5 Å². The zero-order valence-corrected chi connectivity index (χ0v) is 14.8. The van der Waals surface area contributed by atoms with E-state index in [0.717, 1.165) is 17.7 Å². The number of methoxy groups -OCH3 is 1. The highest BCUT2D eigenvalue weighted by molar-refractivity contribution is 7.08. The molecule has 1 aromatic carbocycles. The van der Waals surface area contributed by atoms with Crippen LogP contribution in [0.4, 0.5) is 11.4 Å². The molecule has 0 saturated carbocycles. The summed E-state index contributed by atoms with van der Waals surface area (Å²) in [5.74, 6) is -0.757. The van der Waals surface area contributed by atoms with Gasteiger partial charge in [0.1, 0.15) is 0 Å². The van der Waals surface area contributed by atoms with Crippen molar-refractivity contribution in [3.63, 3.8) is 0 Å². The first-order chi connectivity index (χ1) is 12.0. The lowest BCUT2D eigenvalue weighted by Crippen LogP contribution is -2.24. The molecule has 1 saturated heterocycles. The molecule has 3 rings (SSSR count). The summed E-state index contributed by atoms with van der Waals surface area (Å²) in [4.78, 5) is 38.0. The maximum Gasteiger partial charge on any atom is 0.340 e. The highest BCUT2D eigenvalue weighted by Gasteiger charge is 2.23. The summed E-state index contributed by atoms with van der Waals surface area (Å²) >= 11 is 1.31. The normalized spacial score (nSPS) is 13.8. The van der Waals surface area contributed by atoms with Gasteiger partial charge in [-0.15, -0.1) is 11.3 Å². The van der Waals surface area contributed by atoms with Crippen molar-refractivity contribution in [3.8, 4) is 0 Å². The van der Waals surface area contributed by atoms with Crippen molar-refractivity contribution in [3.05, 3.63) is 45.6 Å². The van der Waals surface area contributed by atoms with Crippen molar-refractivity contribution in [1.29, 1.82) is 0 Å². The molecule has 130 valence electrons. The lowest BCUT2D eigenvalue weighted by Gasteiger charge is -2.17. The molecular formula is C18H18N2O4S. The summed E-state index contributed by atoms with van der Waals surface area (Å²) in [6.45, 7) is 2.55. The van der Waals surface area contributed by atoms with Gasteiger partial charge in [-0.2, -0.15) is 0 Å². The van der Waals surface area contributed by atoms with Crippen molar-refractivity contribution in [2.75, 3.05) is 23.9 Å². The zero-order chi connectivity index (χ0) is 18.0. The summed E-state index contributed by atoms with van der Waals surface area (Å²) < 4.78 is 4.71. The number of carbonyl (C=O) groups excluding carboxylic acids is 3. The molecule has 1 fully saturated rings. The fourth-order valence-electron chi connectivity index (χ4n) is 2.83. The number of hydrogen-bond donors (Lipinski definition) is 1. The topological polar surface area (TPSA) is 75.7 Å². The van der Waals surface area contributed by atoms with E-state index in [1.54, 1.807) is 27.8 Å². The smallest absolute Gasteiger partial charge is 0.340 e. The van der Waals surface area contributed by atoms with Gasteiger partial charge >= 0.3 is 5.97 Å². The largest absolute Gasteiger partial charge is 0.465 e. The average molecular weight is 358 g/mol. The fraction of sp³-hybridized carbons (Fsp3) is 0.278. The van der Waals surface area contributed by atoms with Crippen LogP contribution in [0.25, 0.3) is 0 Å². The molecule has 0 spiro atoms. The average Bonchev–Trinajstić information content (AvgIpc) is 3.22.